The van der Waals surface area contributed by atoms with Gasteiger partial charge in [0.15, 0.2) is 0 Å². The smallest absolute Gasteiger partial charge is 0.223 e. The van der Waals surface area contributed by atoms with Crippen molar-refractivity contribution in [1.29, 1.82) is 0 Å². The molecular weight excluding hydrogens is 276 g/mol. The van der Waals surface area contributed by atoms with Crippen LogP contribution >= 0.6 is 0 Å². The monoisotopic (exact) mass is 296 g/mol. The quantitative estimate of drug-likeness (QED) is 0.852. The molecule has 1 fully saturated rings. The number of ether oxygens (including phenoxy) is 1. The Morgan fingerprint density at radius 3 is 2.82 bits per heavy atom. The zero-order valence-electron chi connectivity index (χ0n) is 12.7. The van der Waals surface area contributed by atoms with Crippen LogP contribution in [0.15, 0.2) is 48.7 Å². The Bertz CT molecular complexity index is 643. The first-order chi connectivity index (χ1) is 10.8. The van der Waals surface area contributed by atoms with Crippen LogP contribution in [-0.2, 0) is 17.8 Å². The van der Waals surface area contributed by atoms with Crippen molar-refractivity contribution in [3.63, 3.8) is 0 Å². The van der Waals surface area contributed by atoms with Gasteiger partial charge in [-0.05, 0) is 24.0 Å². The standard InChI is InChI=1S/C18H20N2O2/c1-22-18-16(8-5-9-19-18)13-20-12-15(11-17(20)21)10-14-6-3-2-4-7-14/h2-9,15H,10-13H2,1H3/t15-/m1/s1. The van der Waals surface area contributed by atoms with E-state index >= 15 is 0 Å². The van der Waals surface area contributed by atoms with E-state index in [0.29, 0.717) is 24.8 Å². The van der Waals surface area contributed by atoms with Crippen LogP contribution in [0.2, 0.25) is 0 Å². The molecule has 114 valence electrons. The second-order valence-corrected chi connectivity index (χ2v) is 5.71. The van der Waals surface area contributed by atoms with E-state index in [9.17, 15) is 4.79 Å². The van der Waals surface area contributed by atoms with E-state index in [4.69, 9.17) is 4.74 Å². The maximum absolute atomic E-state index is 12.2. The molecule has 1 aromatic carbocycles. The van der Waals surface area contributed by atoms with Crippen molar-refractivity contribution in [3.05, 3.63) is 59.8 Å². The Morgan fingerprint density at radius 1 is 1.23 bits per heavy atom. The van der Waals surface area contributed by atoms with Gasteiger partial charge in [-0.2, -0.15) is 0 Å². The number of aromatic nitrogens is 1. The number of amides is 1. The van der Waals surface area contributed by atoms with E-state index in [1.54, 1.807) is 13.3 Å². The molecule has 1 aliphatic rings. The summed E-state index contributed by atoms with van der Waals surface area (Å²) in [6.45, 7) is 1.37. The van der Waals surface area contributed by atoms with Gasteiger partial charge in [-0.15, -0.1) is 0 Å². The molecule has 2 heterocycles. The molecule has 0 aliphatic carbocycles. The minimum Gasteiger partial charge on any atom is -0.481 e. The molecule has 1 amide bonds. The molecule has 2 aromatic rings. The highest BCUT2D eigenvalue weighted by molar-refractivity contribution is 5.78. The van der Waals surface area contributed by atoms with Gasteiger partial charge in [0.2, 0.25) is 11.8 Å². The molecule has 22 heavy (non-hydrogen) atoms. The Kier molecular flexibility index (Phi) is 4.37. The normalized spacial score (nSPS) is 17.8. The van der Waals surface area contributed by atoms with Gasteiger partial charge in [-0.25, -0.2) is 4.98 Å². The molecule has 0 radical (unpaired) electrons. The third-order valence-electron chi connectivity index (χ3n) is 4.07. The summed E-state index contributed by atoms with van der Waals surface area (Å²) in [7, 11) is 1.61. The molecule has 0 N–H and O–H groups in total. The van der Waals surface area contributed by atoms with Gasteiger partial charge < -0.3 is 9.64 Å². The van der Waals surface area contributed by atoms with Crippen LogP contribution in [-0.4, -0.2) is 29.4 Å². The van der Waals surface area contributed by atoms with Crippen molar-refractivity contribution in [1.82, 2.24) is 9.88 Å². The molecule has 3 rings (SSSR count). The third-order valence-corrected chi connectivity index (χ3v) is 4.07. The van der Waals surface area contributed by atoms with Crippen molar-refractivity contribution >= 4 is 5.91 Å². The highest BCUT2D eigenvalue weighted by atomic mass is 16.5. The first kappa shape index (κ1) is 14.6. The van der Waals surface area contributed by atoms with Gasteiger partial charge in [0.1, 0.15) is 0 Å². The zero-order chi connectivity index (χ0) is 15.4. The molecular formula is C18H20N2O2. The Balaban J connectivity index is 1.65. The fourth-order valence-electron chi connectivity index (χ4n) is 3.02. The number of pyridine rings is 1. The molecule has 0 saturated carbocycles. The van der Waals surface area contributed by atoms with E-state index in [2.05, 4.69) is 17.1 Å². The molecule has 1 saturated heterocycles. The van der Waals surface area contributed by atoms with Crippen molar-refractivity contribution < 1.29 is 9.53 Å². The summed E-state index contributed by atoms with van der Waals surface area (Å²) in [5.41, 5.74) is 2.25. The number of carbonyl (C=O) groups excluding carboxylic acids is 1. The Labute approximate surface area is 130 Å². The van der Waals surface area contributed by atoms with Crippen LogP contribution in [0.3, 0.4) is 0 Å². The highest BCUT2D eigenvalue weighted by Crippen LogP contribution is 2.25. The van der Waals surface area contributed by atoms with E-state index in [1.807, 2.05) is 35.2 Å². The number of carbonyl (C=O) groups is 1. The number of hydrogen-bond acceptors (Lipinski definition) is 3. The van der Waals surface area contributed by atoms with Gasteiger partial charge in [-0.3, -0.25) is 4.79 Å². The van der Waals surface area contributed by atoms with E-state index in [1.165, 1.54) is 5.56 Å². The zero-order valence-corrected chi connectivity index (χ0v) is 12.7. The first-order valence-electron chi connectivity index (χ1n) is 7.56. The van der Waals surface area contributed by atoms with Crippen LogP contribution in [0.1, 0.15) is 17.5 Å². The van der Waals surface area contributed by atoms with Crippen LogP contribution in [0.25, 0.3) is 0 Å². The fraction of sp³-hybridized carbons (Fsp3) is 0.333. The van der Waals surface area contributed by atoms with E-state index in [-0.39, 0.29) is 5.91 Å². The van der Waals surface area contributed by atoms with Gasteiger partial charge in [0, 0.05) is 24.7 Å². The SMILES string of the molecule is COc1ncccc1CN1C[C@H](Cc2ccccc2)CC1=O. The minimum absolute atomic E-state index is 0.215. The number of benzene rings is 1. The van der Waals surface area contributed by atoms with E-state index in [0.717, 1.165) is 18.5 Å². The number of likely N-dealkylation sites (tertiary alicyclic amines) is 1. The van der Waals surface area contributed by atoms with Gasteiger partial charge in [0.05, 0.1) is 13.7 Å². The molecule has 4 heteroatoms. The largest absolute Gasteiger partial charge is 0.481 e. The Hall–Kier alpha value is -2.36. The molecule has 0 unspecified atom stereocenters. The van der Waals surface area contributed by atoms with Crippen LogP contribution in [0.5, 0.6) is 5.88 Å². The molecule has 0 bridgehead atoms. The summed E-state index contributed by atoms with van der Waals surface area (Å²) in [6, 6.07) is 14.2. The number of rotatable bonds is 5. The summed E-state index contributed by atoms with van der Waals surface area (Å²) >= 11 is 0. The number of hydrogen-bond donors (Lipinski definition) is 0. The van der Waals surface area contributed by atoms with Crippen molar-refractivity contribution in [3.8, 4) is 5.88 Å². The minimum atomic E-state index is 0.215. The first-order valence-corrected chi connectivity index (χ1v) is 7.56. The molecule has 4 nitrogen and oxygen atoms in total. The predicted octanol–water partition coefficient (Wildman–Crippen LogP) is 2.68. The lowest BCUT2D eigenvalue weighted by atomic mass is 9.99. The van der Waals surface area contributed by atoms with Gasteiger partial charge in [0.25, 0.3) is 0 Å². The van der Waals surface area contributed by atoms with Gasteiger partial charge >= 0.3 is 0 Å². The lowest BCUT2D eigenvalue weighted by Gasteiger charge is -2.18. The molecule has 0 spiro atoms. The van der Waals surface area contributed by atoms with Crippen molar-refractivity contribution in [2.45, 2.75) is 19.4 Å². The predicted molar refractivity (Wildman–Crippen MR) is 84.5 cm³/mol. The maximum Gasteiger partial charge on any atom is 0.223 e. The summed E-state index contributed by atoms with van der Waals surface area (Å²) in [5.74, 6) is 1.20. The maximum atomic E-state index is 12.2. The van der Waals surface area contributed by atoms with E-state index < -0.39 is 0 Å². The number of methoxy groups -OCH3 is 1. The summed E-state index contributed by atoms with van der Waals surface area (Å²) in [5, 5.41) is 0. The van der Waals surface area contributed by atoms with Crippen LogP contribution in [0.4, 0.5) is 0 Å². The highest BCUT2D eigenvalue weighted by Gasteiger charge is 2.30. The Morgan fingerprint density at radius 2 is 2.05 bits per heavy atom. The number of nitrogens with zero attached hydrogens (tertiary/aromatic N) is 2. The second kappa shape index (κ2) is 6.60. The average molecular weight is 296 g/mol. The molecule has 1 aromatic heterocycles. The van der Waals surface area contributed by atoms with Crippen molar-refractivity contribution in [2.75, 3.05) is 13.7 Å². The van der Waals surface area contributed by atoms with Gasteiger partial charge in [-0.1, -0.05) is 36.4 Å². The lowest BCUT2D eigenvalue weighted by Crippen LogP contribution is -2.25. The van der Waals surface area contributed by atoms with Crippen LogP contribution < -0.4 is 4.74 Å². The molecule has 1 aliphatic heterocycles. The topological polar surface area (TPSA) is 42.4 Å². The lowest BCUT2D eigenvalue weighted by molar-refractivity contribution is -0.128. The summed E-state index contributed by atoms with van der Waals surface area (Å²) in [6.07, 6.45) is 3.27. The fourth-order valence-corrected chi connectivity index (χ4v) is 3.02. The second-order valence-electron chi connectivity index (χ2n) is 5.71. The molecule has 1 atom stereocenters. The summed E-state index contributed by atoms with van der Waals surface area (Å²) in [4.78, 5) is 18.3. The third kappa shape index (κ3) is 3.27. The van der Waals surface area contributed by atoms with Crippen LogP contribution in [0, 0.1) is 5.92 Å². The van der Waals surface area contributed by atoms with Crippen molar-refractivity contribution in [2.24, 2.45) is 5.92 Å². The average Bonchev–Trinajstić information content (AvgIpc) is 2.88. The summed E-state index contributed by atoms with van der Waals surface area (Å²) < 4.78 is 5.26.